The number of aromatic amines is 1. The molecule has 0 aliphatic carbocycles. The summed E-state index contributed by atoms with van der Waals surface area (Å²) >= 11 is 0. The Morgan fingerprint density at radius 2 is 2.46 bits per heavy atom. The van der Waals surface area contributed by atoms with E-state index in [-0.39, 0.29) is 22.3 Å². The number of hydrogen-bond acceptors (Lipinski definition) is 4. The second-order valence-electron chi connectivity index (χ2n) is 2.16. The molecule has 1 rings (SSSR count). The number of aromatic nitrogens is 2. The molecule has 1 heterocycles. The van der Waals surface area contributed by atoms with E-state index in [1.807, 2.05) is 0 Å². The van der Waals surface area contributed by atoms with Crippen LogP contribution < -0.4 is 5.32 Å². The summed E-state index contributed by atoms with van der Waals surface area (Å²) in [7, 11) is 2.69. The van der Waals surface area contributed by atoms with Crippen LogP contribution in [-0.2, 0) is 4.84 Å². The highest BCUT2D eigenvalue weighted by molar-refractivity contribution is 5.92. The first-order valence-electron chi connectivity index (χ1n) is 3.48. The zero-order valence-electron chi connectivity index (χ0n) is 7.20. The lowest BCUT2D eigenvalue weighted by molar-refractivity contribution is -0.739. The third-order valence-electron chi connectivity index (χ3n) is 1.39. The fraction of sp³-hybridized carbons (Fsp3) is 0.333. The Labute approximate surface area is 73.6 Å². The van der Waals surface area contributed by atoms with Crippen molar-refractivity contribution >= 4 is 11.7 Å². The molecule has 13 heavy (non-hydrogen) atoms. The molecule has 0 fully saturated rings. The summed E-state index contributed by atoms with van der Waals surface area (Å²) in [5, 5.41) is 8.33. The van der Waals surface area contributed by atoms with Gasteiger partial charge in [-0.2, -0.15) is 5.10 Å². The molecule has 0 atom stereocenters. The second-order valence-corrected chi connectivity index (χ2v) is 2.16. The fourth-order valence-electron chi connectivity index (χ4n) is 0.749. The van der Waals surface area contributed by atoms with Gasteiger partial charge in [0.15, 0.2) is 10.6 Å². The number of hydrogen-bond donors (Lipinski definition) is 2. The van der Waals surface area contributed by atoms with Crippen molar-refractivity contribution < 1.29 is 14.6 Å². The van der Waals surface area contributed by atoms with Crippen LogP contribution in [0.1, 0.15) is 10.5 Å². The molecule has 0 aliphatic heterocycles. The summed E-state index contributed by atoms with van der Waals surface area (Å²) in [6, 6.07) is 1.29. The monoisotopic (exact) mass is 185 g/mol. The molecule has 1 amide bonds. The van der Waals surface area contributed by atoms with Crippen molar-refractivity contribution in [3.05, 3.63) is 16.7 Å². The second kappa shape index (κ2) is 3.65. The molecule has 0 saturated carbocycles. The van der Waals surface area contributed by atoms with Gasteiger partial charge in [-0.25, -0.2) is 0 Å². The van der Waals surface area contributed by atoms with Crippen molar-refractivity contribution in [3.63, 3.8) is 0 Å². The Kier molecular flexibility index (Phi) is 2.58. The van der Waals surface area contributed by atoms with Crippen molar-refractivity contribution in [1.29, 1.82) is 0 Å². The third kappa shape index (κ3) is 1.81. The van der Waals surface area contributed by atoms with Gasteiger partial charge in [-0.3, -0.25) is 4.79 Å². The van der Waals surface area contributed by atoms with E-state index in [9.17, 15) is 9.70 Å². The Morgan fingerprint density at radius 1 is 1.77 bits per heavy atom. The fourth-order valence-corrected chi connectivity index (χ4v) is 0.749. The third-order valence-corrected chi connectivity index (χ3v) is 1.39. The van der Waals surface area contributed by atoms with Gasteiger partial charge in [-0.05, 0) is 4.91 Å². The topological polar surface area (TPSA) is 87.1 Å². The van der Waals surface area contributed by atoms with Crippen LogP contribution >= 0.6 is 0 Å². The molecule has 7 heteroatoms. The molecule has 2 N–H and O–H groups in total. The van der Waals surface area contributed by atoms with Crippen molar-refractivity contribution in [2.75, 3.05) is 14.2 Å². The first-order chi connectivity index (χ1) is 6.19. The Morgan fingerprint density at radius 3 is 3.00 bits per heavy atom. The lowest BCUT2D eigenvalue weighted by Crippen LogP contribution is -2.17. The molecule has 70 valence electrons. The largest absolute Gasteiger partial charge is 0.434 e. The molecule has 0 aliphatic rings. The van der Waals surface area contributed by atoms with Gasteiger partial charge in [0.25, 0.3) is 5.91 Å². The number of H-pyrrole nitrogens is 1. The Balaban J connectivity index is 2.86. The quantitative estimate of drug-likeness (QED) is 0.635. The summed E-state index contributed by atoms with van der Waals surface area (Å²) in [5.41, 5.74) is 0.204. The maximum atomic E-state index is 11.0. The summed E-state index contributed by atoms with van der Waals surface area (Å²) in [4.78, 5) is 26.3. The van der Waals surface area contributed by atoms with Crippen LogP contribution in [0.5, 0.6) is 0 Å². The lowest BCUT2D eigenvalue weighted by atomic mass is 10.4. The summed E-state index contributed by atoms with van der Waals surface area (Å²) in [5.74, 6) is -0.343. The molecule has 7 nitrogen and oxygen atoms in total. The highest BCUT2D eigenvalue weighted by atomic mass is 16.8. The van der Waals surface area contributed by atoms with Gasteiger partial charge in [0, 0.05) is 7.05 Å². The van der Waals surface area contributed by atoms with E-state index in [0.29, 0.717) is 0 Å². The first kappa shape index (κ1) is 9.17. The lowest BCUT2D eigenvalue weighted by Gasteiger charge is -1.89. The number of amides is 1. The predicted octanol–water partition coefficient (Wildman–Crippen LogP) is -0.259. The van der Waals surface area contributed by atoms with Crippen LogP contribution in [0.3, 0.4) is 0 Å². The van der Waals surface area contributed by atoms with Crippen molar-refractivity contribution in [2.45, 2.75) is 0 Å². The highest BCUT2D eigenvalue weighted by Gasteiger charge is 2.20. The number of rotatable bonds is 3. The molecule has 0 spiro atoms. The van der Waals surface area contributed by atoms with Gasteiger partial charge in [-0.15, -0.1) is 0 Å². The SMILES string of the molecule is CNC(=O)c1cc([N+](=O)OC)n[nH]1. The van der Waals surface area contributed by atoms with Crippen molar-refractivity contribution in [1.82, 2.24) is 15.5 Å². The molecular weight excluding hydrogens is 176 g/mol. The highest BCUT2D eigenvalue weighted by Crippen LogP contribution is 2.08. The zero-order valence-corrected chi connectivity index (χ0v) is 7.20. The molecule has 0 radical (unpaired) electrons. The summed E-state index contributed by atoms with van der Waals surface area (Å²) in [6.45, 7) is 0. The van der Waals surface area contributed by atoms with Crippen molar-refractivity contribution in [2.24, 2.45) is 0 Å². The van der Waals surface area contributed by atoms with Crippen LogP contribution in [0, 0.1) is 4.91 Å². The molecular formula is C6H9N4O3+. The van der Waals surface area contributed by atoms with Crippen LogP contribution in [0.15, 0.2) is 6.07 Å². The smallest absolute Gasteiger partial charge is 0.354 e. The van der Waals surface area contributed by atoms with E-state index in [2.05, 4.69) is 20.4 Å². The van der Waals surface area contributed by atoms with E-state index < -0.39 is 0 Å². The number of nitrogens with one attached hydrogen (secondary N) is 2. The molecule has 0 unspecified atom stereocenters. The van der Waals surface area contributed by atoms with E-state index in [1.165, 1.54) is 20.2 Å². The van der Waals surface area contributed by atoms with E-state index in [0.717, 1.165) is 0 Å². The Bertz CT molecular complexity index is 302. The Hall–Kier alpha value is -1.92. The van der Waals surface area contributed by atoms with E-state index in [4.69, 9.17) is 0 Å². The maximum absolute atomic E-state index is 11.0. The van der Waals surface area contributed by atoms with Crippen LogP contribution in [-0.4, -0.2) is 35.2 Å². The zero-order chi connectivity index (χ0) is 9.84. The average Bonchev–Trinajstić information content (AvgIpc) is 2.64. The van der Waals surface area contributed by atoms with Crippen LogP contribution in [0.2, 0.25) is 0 Å². The minimum absolute atomic E-state index is 0.00102. The molecule has 1 aromatic rings. The molecule has 0 aromatic carbocycles. The minimum atomic E-state index is -0.344. The minimum Gasteiger partial charge on any atom is -0.354 e. The van der Waals surface area contributed by atoms with E-state index >= 15 is 0 Å². The van der Waals surface area contributed by atoms with E-state index in [1.54, 1.807) is 0 Å². The predicted molar refractivity (Wildman–Crippen MR) is 42.3 cm³/mol. The maximum Gasteiger partial charge on any atom is 0.434 e. The first-order valence-corrected chi connectivity index (χ1v) is 3.48. The van der Waals surface area contributed by atoms with Gasteiger partial charge in [0.2, 0.25) is 0 Å². The summed E-state index contributed by atoms with van der Waals surface area (Å²) in [6.07, 6.45) is 0. The van der Waals surface area contributed by atoms with Crippen molar-refractivity contribution in [3.8, 4) is 0 Å². The van der Waals surface area contributed by atoms with Gasteiger partial charge in [0.05, 0.1) is 11.2 Å². The average molecular weight is 185 g/mol. The standard InChI is InChI=1S/C6H8N4O3/c1-7-6(11)4-3-5(9-8-4)10(12)13-2/h3H,1-2H3,(H-,7,8,9,11,12)/p+1. The number of carbonyl (C=O) groups excluding carboxylic acids is 1. The van der Waals surface area contributed by atoms with Gasteiger partial charge in [-0.1, -0.05) is 0 Å². The molecule has 0 bridgehead atoms. The molecule has 1 aromatic heterocycles. The summed E-state index contributed by atoms with van der Waals surface area (Å²) < 4.78 is 0. The normalized spacial score (nSPS) is 9.38. The number of carbonyl (C=O) groups is 1. The van der Waals surface area contributed by atoms with Gasteiger partial charge >= 0.3 is 5.82 Å². The van der Waals surface area contributed by atoms with Gasteiger partial charge in [0.1, 0.15) is 7.11 Å². The molecule has 0 saturated heterocycles. The van der Waals surface area contributed by atoms with Crippen LogP contribution in [0.4, 0.5) is 5.82 Å². The van der Waals surface area contributed by atoms with Gasteiger partial charge < -0.3 is 10.2 Å². The number of nitrogens with zero attached hydrogens (tertiary/aromatic N) is 2. The van der Waals surface area contributed by atoms with Crippen LogP contribution in [0.25, 0.3) is 0 Å².